The molecular weight excluding hydrogens is 228 g/mol. The van der Waals surface area contributed by atoms with E-state index in [0.29, 0.717) is 0 Å². The molecular formula is C13H28N4O. The number of guanidine groups is 1. The third kappa shape index (κ3) is 8.84. The number of nitrogens with one attached hydrogen (secondary N) is 2. The van der Waals surface area contributed by atoms with E-state index < -0.39 is 0 Å². The van der Waals surface area contributed by atoms with E-state index in [2.05, 4.69) is 29.5 Å². The van der Waals surface area contributed by atoms with Crippen LogP contribution in [-0.2, 0) is 4.79 Å². The number of hydrogen-bond acceptors (Lipinski definition) is 2. The van der Waals surface area contributed by atoms with E-state index in [0.717, 1.165) is 31.4 Å². The number of carbonyl (C=O) groups is 1. The summed E-state index contributed by atoms with van der Waals surface area (Å²) in [5.74, 6) is 1.45. The summed E-state index contributed by atoms with van der Waals surface area (Å²) in [7, 11) is 3.47. The largest absolute Gasteiger partial charge is 0.357 e. The predicted octanol–water partition coefficient (Wildman–Crippen LogP) is 1.07. The van der Waals surface area contributed by atoms with Crippen molar-refractivity contribution in [3.8, 4) is 0 Å². The summed E-state index contributed by atoms with van der Waals surface area (Å²) in [5.41, 5.74) is 0. The fourth-order valence-corrected chi connectivity index (χ4v) is 1.35. The van der Waals surface area contributed by atoms with Gasteiger partial charge in [-0.1, -0.05) is 13.8 Å². The first kappa shape index (κ1) is 16.7. The minimum absolute atomic E-state index is 0.00869. The van der Waals surface area contributed by atoms with E-state index in [-0.39, 0.29) is 12.5 Å². The van der Waals surface area contributed by atoms with Crippen molar-refractivity contribution in [2.75, 3.05) is 33.7 Å². The van der Waals surface area contributed by atoms with E-state index in [9.17, 15) is 4.79 Å². The van der Waals surface area contributed by atoms with Crippen molar-refractivity contribution < 1.29 is 4.79 Å². The maximum absolute atomic E-state index is 11.4. The maximum atomic E-state index is 11.4. The summed E-state index contributed by atoms with van der Waals surface area (Å²) < 4.78 is 0. The quantitative estimate of drug-likeness (QED) is 0.407. The number of likely N-dealkylation sites (N-methyl/N-ethyl adjacent to an activating group) is 1. The Kier molecular flexibility index (Phi) is 9.06. The normalized spacial score (nSPS) is 11.6. The van der Waals surface area contributed by atoms with E-state index in [1.807, 2.05) is 6.92 Å². The third-order valence-electron chi connectivity index (χ3n) is 2.47. The minimum atomic E-state index is 0.00869. The predicted molar refractivity (Wildman–Crippen MR) is 76.7 cm³/mol. The van der Waals surface area contributed by atoms with Gasteiger partial charge in [0, 0.05) is 27.2 Å². The van der Waals surface area contributed by atoms with Gasteiger partial charge in [-0.3, -0.25) is 4.79 Å². The average molecular weight is 256 g/mol. The highest BCUT2D eigenvalue weighted by Gasteiger charge is 2.03. The van der Waals surface area contributed by atoms with Crippen molar-refractivity contribution in [1.29, 1.82) is 0 Å². The number of hydrogen-bond donors (Lipinski definition) is 2. The van der Waals surface area contributed by atoms with Gasteiger partial charge in [-0.15, -0.1) is 0 Å². The number of rotatable bonds is 7. The molecule has 0 saturated heterocycles. The second-order valence-electron chi connectivity index (χ2n) is 4.95. The molecule has 5 heteroatoms. The van der Waals surface area contributed by atoms with Crippen molar-refractivity contribution >= 4 is 11.9 Å². The Labute approximate surface area is 111 Å². The van der Waals surface area contributed by atoms with Gasteiger partial charge < -0.3 is 15.5 Å². The molecule has 0 aromatic carbocycles. The first-order chi connectivity index (χ1) is 8.47. The van der Waals surface area contributed by atoms with Crippen LogP contribution in [0.15, 0.2) is 4.99 Å². The fraction of sp³-hybridized carbons (Fsp3) is 0.846. The molecule has 0 fully saturated rings. The van der Waals surface area contributed by atoms with Crippen molar-refractivity contribution in [2.24, 2.45) is 10.9 Å². The second-order valence-corrected chi connectivity index (χ2v) is 4.95. The Morgan fingerprint density at radius 3 is 2.44 bits per heavy atom. The molecule has 18 heavy (non-hydrogen) atoms. The van der Waals surface area contributed by atoms with Gasteiger partial charge in [0.05, 0.1) is 0 Å². The van der Waals surface area contributed by atoms with Crippen LogP contribution < -0.4 is 10.6 Å². The summed E-state index contributed by atoms with van der Waals surface area (Å²) in [6, 6.07) is 0. The molecule has 0 unspecified atom stereocenters. The molecule has 0 bridgehead atoms. The number of nitrogens with zero attached hydrogens (tertiary/aromatic N) is 2. The summed E-state index contributed by atoms with van der Waals surface area (Å²) in [4.78, 5) is 17.2. The lowest BCUT2D eigenvalue weighted by Gasteiger charge is -2.13. The van der Waals surface area contributed by atoms with Gasteiger partial charge in [-0.05, 0) is 25.7 Å². The van der Waals surface area contributed by atoms with Crippen LogP contribution in [0.25, 0.3) is 0 Å². The van der Waals surface area contributed by atoms with Gasteiger partial charge in [-0.2, -0.15) is 0 Å². The SMILES string of the molecule is CCNC(=NCC(=O)N(C)C)NCCCC(C)C. The number of aliphatic imine (C=N–C) groups is 1. The highest BCUT2D eigenvalue weighted by Crippen LogP contribution is 2.01. The van der Waals surface area contributed by atoms with Crippen LogP contribution in [0, 0.1) is 5.92 Å². The average Bonchev–Trinajstić information content (AvgIpc) is 2.30. The zero-order valence-corrected chi connectivity index (χ0v) is 12.4. The first-order valence-corrected chi connectivity index (χ1v) is 6.69. The summed E-state index contributed by atoms with van der Waals surface area (Å²) in [6.07, 6.45) is 2.31. The molecule has 0 aliphatic rings. The molecule has 0 spiro atoms. The van der Waals surface area contributed by atoms with Gasteiger partial charge in [0.1, 0.15) is 6.54 Å². The molecule has 0 aliphatic heterocycles. The van der Waals surface area contributed by atoms with Gasteiger partial charge in [0.25, 0.3) is 0 Å². The standard InChI is InChI=1S/C13H28N4O/c1-6-14-13(15-9-7-8-11(2)3)16-10-12(18)17(4)5/h11H,6-10H2,1-5H3,(H2,14,15,16). The molecule has 1 amide bonds. The Bertz CT molecular complexity index is 262. The van der Waals surface area contributed by atoms with Crippen LogP contribution in [0.5, 0.6) is 0 Å². The minimum Gasteiger partial charge on any atom is -0.357 e. The van der Waals surface area contributed by atoms with Crippen molar-refractivity contribution in [3.05, 3.63) is 0 Å². The van der Waals surface area contributed by atoms with Crippen LogP contribution in [0.1, 0.15) is 33.6 Å². The molecule has 5 nitrogen and oxygen atoms in total. The van der Waals surface area contributed by atoms with Crippen LogP contribution >= 0.6 is 0 Å². The van der Waals surface area contributed by atoms with Gasteiger partial charge in [0.2, 0.25) is 5.91 Å². The lowest BCUT2D eigenvalue weighted by atomic mass is 10.1. The molecule has 0 saturated carbocycles. The van der Waals surface area contributed by atoms with Gasteiger partial charge in [-0.25, -0.2) is 4.99 Å². The van der Waals surface area contributed by atoms with Crippen LogP contribution in [0.4, 0.5) is 0 Å². The third-order valence-corrected chi connectivity index (χ3v) is 2.47. The topological polar surface area (TPSA) is 56.7 Å². The monoisotopic (exact) mass is 256 g/mol. The Morgan fingerprint density at radius 1 is 1.28 bits per heavy atom. The lowest BCUT2D eigenvalue weighted by Crippen LogP contribution is -2.38. The summed E-state index contributed by atoms with van der Waals surface area (Å²) in [6.45, 7) is 8.32. The molecule has 0 aliphatic carbocycles. The maximum Gasteiger partial charge on any atom is 0.243 e. The Balaban J connectivity index is 4.04. The zero-order valence-electron chi connectivity index (χ0n) is 12.4. The second kappa shape index (κ2) is 9.74. The molecule has 0 radical (unpaired) electrons. The highest BCUT2D eigenvalue weighted by atomic mass is 16.2. The van der Waals surface area contributed by atoms with Crippen molar-refractivity contribution in [1.82, 2.24) is 15.5 Å². The Morgan fingerprint density at radius 2 is 1.94 bits per heavy atom. The molecule has 0 heterocycles. The summed E-state index contributed by atoms with van der Waals surface area (Å²) in [5, 5.41) is 6.37. The number of carbonyl (C=O) groups excluding carboxylic acids is 1. The highest BCUT2D eigenvalue weighted by molar-refractivity contribution is 5.84. The molecule has 2 N–H and O–H groups in total. The van der Waals surface area contributed by atoms with Gasteiger partial charge in [0.15, 0.2) is 5.96 Å². The molecule has 0 aromatic heterocycles. The number of amides is 1. The van der Waals surface area contributed by atoms with Gasteiger partial charge >= 0.3 is 0 Å². The Hall–Kier alpha value is -1.26. The van der Waals surface area contributed by atoms with E-state index in [1.165, 1.54) is 6.42 Å². The van der Waals surface area contributed by atoms with E-state index in [4.69, 9.17) is 0 Å². The summed E-state index contributed by atoms with van der Waals surface area (Å²) >= 11 is 0. The smallest absolute Gasteiger partial charge is 0.243 e. The van der Waals surface area contributed by atoms with Crippen molar-refractivity contribution in [3.63, 3.8) is 0 Å². The van der Waals surface area contributed by atoms with E-state index in [1.54, 1.807) is 19.0 Å². The first-order valence-electron chi connectivity index (χ1n) is 6.69. The van der Waals surface area contributed by atoms with E-state index >= 15 is 0 Å². The van der Waals surface area contributed by atoms with Crippen LogP contribution in [0.3, 0.4) is 0 Å². The molecule has 0 aromatic rings. The lowest BCUT2D eigenvalue weighted by molar-refractivity contribution is -0.127. The van der Waals surface area contributed by atoms with Crippen molar-refractivity contribution in [2.45, 2.75) is 33.6 Å². The van der Waals surface area contributed by atoms with Crippen LogP contribution in [-0.4, -0.2) is 50.5 Å². The molecule has 0 rings (SSSR count). The van der Waals surface area contributed by atoms with Crippen LogP contribution in [0.2, 0.25) is 0 Å². The molecule has 0 atom stereocenters. The zero-order chi connectivity index (χ0) is 14.0. The fourth-order valence-electron chi connectivity index (χ4n) is 1.35. The molecule has 106 valence electrons.